The molecular weight excluding hydrogens is 605 g/mol. The summed E-state index contributed by atoms with van der Waals surface area (Å²) in [6.45, 7) is 6.01. The number of rotatable bonds is 31. The van der Waals surface area contributed by atoms with Gasteiger partial charge >= 0.3 is 0 Å². The summed E-state index contributed by atoms with van der Waals surface area (Å²) in [5.74, 6) is 2.36. The lowest BCUT2D eigenvalue weighted by Crippen LogP contribution is -2.23. The van der Waals surface area contributed by atoms with Gasteiger partial charge in [-0.05, 0) is 25.7 Å². The summed E-state index contributed by atoms with van der Waals surface area (Å²) in [6.07, 6.45) is 30.3. The fourth-order valence-corrected chi connectivity index (χ4v) is 12.0. The maximum atomic E-state index is 11.5. The highest BCUT2D eigenvalue weighted by molar-refractivity contribution is 8.74. The van der Waals surface area contributed by atoms with Gasteiger partial charge in [0, 0.05) is 65.1 Å². The van der Waals surface area contributed by atoms with Crippen LogP contribution in [0.2, 0.25) is 0 Å². The summed E-state index contributed by atoms with van der Waals surface area (Å²) >= 11 is 0. The molecule has 246 valence electrons. The quantitative estimate of drug-likeness (QED) is 0.0322. The van der Waals surface area contributed by atoms with Gasteiger partial charge in [0.1, 0.15) is 11.5 Å². The zero-order chi connectivity index (χ0) is 31.3. The second-order valence-corrected chi connectivity index (χ2v) is 18.9. The van der Waals surface area contributed by atoms with E-state index in [1.54, 1.807) is 24.0 Å². The molecule has 0 aliphatic heterocycles. The zero-order valence-corrected chi connectivity index (χ0v) is 30.8. The standard InChI is InChI=1S/C32H62N2O4S4/c1-7-27-41(39-5)31(37-3)21-19-25-33(29-35)23-17-15-13-11-9-10-12-14-16-18-24-34(30-36)26-20-22-32(38-4)42(40-6)28-8-2/h19-20,25-26,29-32H,7-18,21-24,27-28H2,1-6H3/q+2. The number of amides is 2. The molecule has 0 radical (unpaired) electrons. The molecule has 0 aromatic heterocycles. The number of carbonyl (C=O) groups excluding carboxylic acids is 2. The van der Waals surface area contributed by atoms with Crippen LogP contribution in [0, 0.1) is 0 Å². The van der Waals surface area contributed by atoms with Crippen molar-refractivity contribution in [2.75, 3.05) is 51.3 Å². The second-order valence-electron chi connectivity index (χ2n) is 10.3. The van der Waals surface area contributed by atoms with E-state index in [2.05, 4.69) is 38.5 Å². The maximum Gasteiger partial charge on any atom is 0.233 e. The highest BCUT2D eigenvalue weighted by atomic mass is 33.1. The van der Waals surface area contributed by atoms with E-state index in [1.807, 2.05) is 34.0 Å². The summed E-state index contributed by atoms with van der Waals surface area (Å²) in [6, 6.07) is 0. The van der Waals surface area contributed by atoms with E-state index >= 15 is 0 Å². The highest BCUT2D eigenvalue weighted by Crippen LogP contribution is 2.24. The molecule has 4 unspecified atom stereocenters. The largest absolute Gasteiger partial charge is 0.336 e. The third-order valence-electron chi connectivity index (χ3n) is 6.96. The van der Waals surface area contributed by atoms with Gasteiger partial charge in [0.2, 0.25) is 23.7 Å². The minimum Gasteiger partial charge on any atom is -0.336 e. The first-order chi connectivity index (χ1) is 20.5. The Kier molecular flexibility index (Phi) is 30.6. The molecule has 0 aliphatic carbocycles. The SMILES string of the molecule is CCC[S+](SC)C(CC=CN(C=O)CCCCCCCCCCCCN(C=O)C=CCC(OC)[S+](CCC)SC)OC. The Labute approximate surface area is 272 Å². The van der Waals surface area contributed by atoms with E-state index in [4.69, 9.17) is 9.47 Å². The number of carbonyl (C=O) groups is 2. The predicted molar refractivity (Wildman–Crippen MR) is 193 cm³/mol. The first-order valence-corrected chi connectivity index (χ1v) is 22.2. The van der Waals surface area contributed by atoms with Crippen LogP contribution in [-0.4, -0.2) is 84.8 Å². The van der Waals surface area contributed by atoms with Crippen molar-refractivity contribution in [2.45, 2.75) is 115 Å². The highest BCUT2D eigenvalue weighted by Gasteiger charge is 2.29. The minimum atomic E-state index is 0.208. The maximum absolute atomic E-state index is 11.5. The Hall–Kier alpha value is -0.260. The molecule has 0 aliphatic rings. The van der Waals surface area contributed by atoms with Crippen LogP contribution in [0.25, 0.3) is 0 Å². The zero-order valence-electron chi connectivity index (χ0n) is 27.5. The van der Waals surface area contributed by atoms with E-state index in [9.17, 15) is 9.59 Å². The van der Waals surface area contributed by atoms with Crippen LogP contribution in [-0.2, 0) is 38.9 Å². The van der Waals surface area contributed by atoms with Crippen LogP contribution < -0.4 is 0 Å². The van der Waals surface area contributed by atoms with Gasteiger partial charge in [0.05, 0.1) is 41.4 Å². The van der Waals surface area contributed by atoms with Gasteiger partial charge in [-0.3, -0.25) is 9.59 Å². The van der Waals surface area contributed by atoms with Crippen molar-refractivity contribution in [3.05, 3.63) is 24.6 Å². The van der Waals surface area contributed by atoms with E-state index in [0.29, 0.717) is 0 Å². The molecule has 0 saturated carbocycles. The average molecular weight is 667 g/mol. The third kappa shape index (κ3) is 21.4. The van der Waals surface area contributed by atoms with Crippen molar-refractivity contribution in [1.29, 1.82) is 0 Å². The molecule has 42 heavy (non-hydrogen) atoms. The van der Waals surface area contributed by atoms with Gasteiger partial charge in [-0.25, -0.2) is 0 Å². The van der Waals surface area contributed by atoms with Crippen molar-refractivity contribution >= 4 is 54.3 Å². The molecular formula is C32H62N2O4S4+2. The van der Waals surface area contributed by atoms with Crippen LogP contribution in [0.4, 0.5) is 0 Å². The number of ether oxygens (including phenoxy) is 2. The monoisotopic (exact) mass is 666 g/mol. The van der Waals surface area contributed by atoms with Crippen LogP contribution in [0.5, 0.6) is 0 Å². The van der Waals surface area contributed by atoms with Gasteiger partial charge in [0.15, 0.2) is 0 Å². The molecule has 6 nitrogen and oxygen atoms in total. The molecule has 0 N–H and O–H groups in total. The lowest BCUT2D eigenvalue weighted by Gasteiger charge is -2.15. The number of unbranched alkanes of at least 4 members (excludes halogenated alkanes) is 9. The van der Waals surface area contributed by atoms with Crippen molar-refractivity contribution in [2.24, 2.45) is 0 Å². The number of hydrogen-bond acceptors (Lipinski definition) is 6. The molecule has 0 spiro atoms. The smallest absolute Gasteiger partial charge is 0.233 e. The van der Waals surface area contributed by atoms with Gasteiger partial charge in [-0.1, -0.05) is 77.4 Å². The Bertz CT molecular complexity index is 631. The van der Waals surface area contributed by atoms with Gasteiger partial charge < -0.3 is 19.3 Å². The van der Waals surface area contributed by atoms with Crippen LogP contribution >= 0.6 is 21.6 Å². The van der Waals surface area contributed by atoms with Crippen molar-refractivity contribution < 1.29 is 19.1 Å². The predicted octanol–water partition coefficient (Wildman–Crippen LogP) is 8.17. The summed E-state index contributed by atoms with van der Waals surface area (Å²) in [5, 5.41) is 0. The molecule has 0 rings (SSSR count). The molecule has 4 atom stereocenters. The number of hydrogen-bond donors (Lipinski definition) is 0. The first-order valence-electron chi connectivity index (χ1n) is 15.8. The molecule has 2 amide bonds. The fourth-order valence-electron chi connectivity index (χ4n) is 4.61. The summed E-state index contributed by atoms with van der Waals surface area (Å²) in [5.41, 5.74) is 0.446. The minimum absolute atomic E-state index is 0.208. The van der Waals surface area contributed by atoms with Crippen molar-refractivity contribution in [1.82, 2.24) is 9.80 Å². The lowest BCUT2D eigenvalue weighted by atomic mass is 10.1. The number of nitrogens with zero attached hydrogens (tertiary/aromatic N) is 2. The Balaban J connectivity index is 3.92. The molecule has 0 bridgehead atoms. The van der Waals surface area contributed by atoms with Gasteiger partial charge in [0.25, 0.3) is 0 Å². The molecule has 0 aromatic carbocycles. The molecule has 0 saturated heterocycles. The topological polar surface area (TPSA) is 59.1 Å². The molecule has 0 aromatic rings. The van der Waals surface area contributed by atoms with E-state index in [0.717, 1.165) is 51.6 Å². The van der Waals surface area contributed by atoms with Gasteiger partial charge in [-0.15, -0.1) is 0 Å². The summed E-state index contributed by atoms with van der Waals surface area (Å²) < 4.78 is 11.4. The third-order valence-corrected chi connectivity index (χ3v) is 16.2. The average Bonchev–Trinajstić information content (AvgIpc) is 3.01. The van der Waals surface area contributed by atoms with Crippen LogP contribution in [0.15, 0.2) is 24.6 Å². The Morgan fingerprint density at radius 2 is 0.952 bits per heavy atom. The summed E-state index contributed by atoms with van der Waals surface area (Å²) in [7, 11) is 7.79. The van der Waals surface area contributed by atoms with E-state index < -0.39 is 0 Å². The van der Waals surface area contributed by atoms with Crippen LogP contribution in [0.1, 0.15) is 104 Å². The lowest BCUT2D eigenvalue weighted by molar-refractivity contribution is -0.116. The summed E-state index contributed by atoms with van der Waals surface area (Å²) in [4.78, 5) is 26.5. The van der Waals surface area contributed by atoms with Crippen LogP contribution in [0.3, 0.4) is 0 Å². The normalized spacial score (nSPS) is 14.7. The molecule has 0 heterocycles. The Morgan fingerprint density at radius 3 is 1.21 bits per heavy atom. The van der Waals surface area contributed by atoms with E-state index in [-0.39, 0.29) is 30.7 Å². The first kappa shape index (κ1) is 41.7. The number of methoxy groups -OCH3 is 2. The van der Waals surface area contributed by atoms with Crippen molar-refractivity contribution in [3.8, 4) is 0 Å². The second kappa shape index (κ2) is 30.8. The van der Waals surface area contributed by atoms with Crippen molar-refractivity contribution in [3.63, 3.8) is 0 Å². The molecule has 10 heteroatoms. The van der Waals surface area contributed by atoms with E-state index in [1.165, 1.54) is 75.7 Å². The molecule has 0 fully saturated rings. The van der Waals surface area contributed by atoms with Gasteiger partial charge in [-0.2, -0.15) is 0 Å². The fraction of sp³-hybridized carbons (Fsp3) is 0.812. The Morgan fingerprint density at radius 1 is 0.619 bits per heavy atom.